The Bertz CT molecular complexity index is 591. The average Bonchev–Trinajstić information content (AvgIpc) is 2.63. The average molecular weight is 354 g/mol. The molecule has 0 fully saturated rings. The van der Waals surface area contributed by atoms with Crippen LogP contribution in [0, 0.1) is 10.1 Å². The molecule has 1 radical (unpaired) electrons. The highest BCUT2D eigenvalue weighted by Gasteiger charge is 2.02. The molecule has 0 aromatic heterocycles. The third-order valence-electron chi connectivity index (χ3n) is 3.10. The highest BCUT2D eigenvalue weighted by molar-refractivity contribution is 5.50. The summed E-state index contributed by atoms with van der Waals surface area (Å²) < 4.78 is 0. The first-order valence-corrected chi connectivity index (χ1v) is 8.86. The van der Waals surface area contributed by atoms with Crippen LogP contribution in [0.4, 0.5) is 0 Å². The van der Waals surface area contributed by atoms with Crippen LogP contribution in [-0.4, -0.2) is 11.2 Å². The van der Waals surface area contributed by atoms with Crippen LogP contribution in [-0.2, 0) is 4.79 Å². The molecule has 0 saturated carbocycles. The molecule has 0 aromatic carbocycles. The molecular weight excluding hydrogens is 326 g/mol. The second-order valence-electron chi connectivity index (χ2n) is 5.27. The lowest BCUT2D eigenvalue weighted by Gasteiger charge is -1.89. The number of rotatable bonds is 14. The van der Waals surface area contributed by atoms with Gasteiger partial charge in [0.25, 0.3) is 5.70 Å². The van der Waals surface area contributed by atoms with Crippen LogP contribution in [0.15, 0.2) is 84.7 Å². The molecule has 0 aliphatic carbocycles. The number of nitrogens with zero attached hydrogens (tertiary/aromatic N) is 1. The summed E-state index contributed by atoms with van der Waals surface area (Å²) in [6.07, 6.45) is 30.5. The minimum Gasteiger partial charge on any atom is -0.291 e. The van der Waals surface area contributed by atoms with Crippen molar-refractivity contribution < 1.29 is 9.72 Å². The Hall–Kier alpha value is -2.75. The van der Waals surface area contributed by atoms with E-state index in [4.69, 9.17) is 0 Å². The number of hydrogen-bond acceptors (Lipinski definition) is 3. The van der Waals surface area contributed by atoms with Crippen molar-refractivity contribution in [3.63, 3.8) is 0 Å². The molecule has 0 atom stereocenters. The molecule has 0 saturated heterocycles. The molecule has 0 unspecified atom stereocenters. The summed E-state index contributed by atoms with van der Waals surface area (Å²) in [5.74, 6) is 0. The quantitative estimate of drug-likeness (QED) is 0.127. The molecule has 0 aliphatic heterocycles. The Morgan fingerprint density at radius 1 is 0.885 bits per heavy atom. The monoisotopic (exact) mass is 354 g/mol. The van der Waals surface area contributed by atoms with E-state index in [-0.39, 0.29) is 5.70 Å². The molecular formula is C22H28NO3. The summed E-state index contributed by atoms with van der Waals surface area (Å²) in [6.45, 7) is 2.11. The molecule has 0 rings (SSSR count). The second kappa shape index (κ2) is 18.6. The van der Waals surface area contributed by atoms with Crippen LogP contribution in [0.25, 0.3) is 0 Å². The molecule has 4 heteroatoms. The van der Waals surface area contributed by atoms with E-state index in [1.54, 1.807) is 30.6 Å². The first-order chi connectivity index (χ1) is 12.7. The third-order valence-corrected chi connectivity index (χ3v) is 3.10. The van der Waals surface area contributed by atoms with Crippen molar-refractivity contribution in [1.82, 2.24) is 0 Å². The number of unbranched alkanes of at least 4 members (excludes halogenated alkanes) is 1. The van der Waals surface area contributed by atoms with Crippen LogP contribution >= 0.6 is 0 Å². The zero-order valence-corrected chi connectivity index (χ0v) is 15.4. The standard InChI is InChI=1S/C22H28NO3/c1-2-3-4-5-6-7-8-9-10-11-13-16-19-22(23(25)26)20-17-14-12-15-18-21-24/h3-4,6-7,9-14,16,19-20H,2,5,8,15,17-18H2,1H3/b4-3+,7-6+,10-9+,13-11+,14-12+,19-16+,22-20-. The number of allylic oxidation sites excluding steroid dienone is 13. The highest BCUT2D eigenvalue weighted by Crippen LogP contribution is 2.02. The van der Waals surface area contributed by atoms with E-state index >= 15 is 0 Å². The molecule has 0 N–H and O–H groups in total. The predicted molar refractivity (Wildman–Crippen MR) is 109 cm³/mol. The lowest BCUT2D eigenvalue weighted by atomic mass is 10.2. The van der Waals surface area contributed by atoms with E-state index in [1.165, 1.54) is 6.08 Å². The summed E-state index contributed by atoms with van der Waals surface area (Å²) in [5.41, 5.74) is 0.0493. The fraction of sp³-hybridized carbons (Fsp3) is 0.318. The van der Waals surface area contributed by atoms with Gasteiger partial charge in [0.1, 0.15) is 0 Å². The first-order valence-electron chi connectivity index (χ1n) is 8.86. The minimum absolute atomic E-state index is 0.0493. The van der Waals surface area contributed by atoms with E-state index in [0.717, 1.165) is 19.3 Å². The van der Waals surface area contributed by atoms with Crippen molar-refractivity contribution in [3.05, 3.63) is 94.8 Å². The summed E-state index contributed by atoms with van der Waals surface area (Å²) >= 11 is 0. The zero-order chi connectivity index (χ0) is 19.3. The Morgan fingerprint density at radius 2 is 1.54 bits per heavy atom. The van der Waals surface area contributed by atoms with Crippen LogP contribution in [0.3, 0.4) is 0 Å². The van der Waals surface area contributed by atoms with Gasteiger partial charge in [-0.1, -0.05) is 73.8 Å². The molecule has 0 aromatic rings. The van der Waals surface area contributed by atoms with Crippen LogP contribution in [0.1, 0.15) is 45.4 Å². The van der Waals surface area contributed by atoms with E-state index in [9.17, 15) is 14.9 Å². The third kappa shape index (κ3) is 16.1. The van der Waals surface area contributed by atoms with Gasteiger partial charge in [-0.05, 0) is 38.2 Å². The molecule has 0 aliphatic rings. The maximum Gasteiger partial charge on any atom is 0.265 e. The van der Waals surface area contributed by atoms with Crippen molar-refractivity contribution >= 4 is 6.29 Å². The molecule has 26 heavy (non-hydrogen) atoms. The molecule has 4 nitrogen and oxygen atoms in total. The number of carbonyl (C=O) groups excluding carboxylic acids is 1. The molecule has 0 amide bonds. The SMILES string of the molecule is CC/C=C/C/C=C/C/C=C/C=C/C=C/C(=C/C/C=C/CC[C]=O)[N+](=O)[O-]. The maximum absolute atomic E-state index is 11.0. The van der Waals surface area contributed by atoms with Crippen molar-refractivity contribution in [2.45, 2.75) is 45.4 Å². The van der Waals surface area contributed by atoms with Gasteiger partial charge in [-0.2, -0.15) is 0 Å². The van der Waals surface area contributed by atoms with Gasteiger partial charge >= 0.3 is 0 Å². The van der Waals surface area contributed by atoms with Crippen LogP contribution in [0.5, 0.6) is 0 Å². The van der Waals surface area contributed by atoms with E-state index < -0.39 is 4.92 Å². The molecule has 0 bridgehead atoms. The summed E-state index contributed by atoms with van der Waals surface area (Å²) in [6, 6.07) is 0. The van der Waals surface area contributed by atoms with Gasteiger partial charge < -0.3 is 0 Å². The van der Waals surface area contributed by atoms with Crippen LogP contribution in [0.2, 0.25) is 0 Å². The molecule has 0 heterocycles. The van der Waals surface area contributed by atoms with Gasteiger partial charge in [0.05, 0.1) is 4.92 Å². The largest absolute Gasteiger partial charge is 0.291 e. The molecule has 0 spiro atoms. The van der Waals surface area contributed by atoms with E-state index in [2.05, 4.69) is 31.2 Å². The van der Waals surface area contributed by atoms with Crippen molar-refractivity contribution in [3.8, 4) is 0 Å². The van der Waals surface area contributed by atoms with Gasteiger partial charge in [-0.3, -0.25) is 14.9 Å². The van der Waals surface area contributed by atoms with Crippen molar-refractivity contribution in [2.75, 3.05) is 0 Å². The van der Waals surface area contributed by atoms with Gasteiger partial charge in [0.15, 0.2) is 6.29 Å². The Labute approximate surface area is 156 Å². The zero-order valence-electron chi connectivity index (χ0n) is 15.4. The summed E-state index contributed by atoms with van der Waals surface area (Å²) in [4.78, 5) is 20.6. The Kier molecular flexibility index (Phi) is 16.6. The van der Waals surface area contributed by atoms with Crippen LogP contribution < -0.4 is 0 Å². The number of hydrogen-bond donors (Lipinski definition) is 0. The van der Waals surface area contributed by atoms with E-state index in [0.29, 0.717) is 19.3 Å². The highest BCUT2D eigenvalue weighted by atomic mass is 16.6. The first kappa shape index (κ1) is 23.2. The maximum atomic E-state index is 11.0. The minimum atomic E-state index is -0.412. The van der Waals surface area contributed by atoms with Crippen molar-refractivity contribution in [1.29, 1.82) is 0 Å². The summed E-state index contributed by atoms with van der Waals surface area (Å²) in [7, 11) is 0. The van der Waals surface area contributed by atoms with Crippen molar-refractivity contribution in [2.24, 2.45) is 0 Å². The Morgan fingerprint density at radius 3 is 2.23 bits per heavy atom. The molecule has 139 valence electrons. The predicted octanol–water partition coefficient (Wildman–Crippen LogP) is 5.95. The number of nitro groups is 1. The second-order valence-corrected chi connectivity index (χ2v) is 5.27. The fourth-order valence-corrected chi connectivity index (χ4v) is 1.80. The fourth-order valence-electron chi connectivity index (χ4n) is 1.80. The van der Waals surface area contributed by atoms with E-state index in [1.807, 2.05) is 24.3 Å². The van der Waals surface area contributed by atoms with Gasteiger partial charge in [0, 0.05) is 12.5 Å². The van der Waals surface area contributed by atoms with Gasteiger partial charge in [0.2, 0.25) is 0 Å². The lowest BCUT2D eigenvalue weighted by molar-refractivity contribution is -0.419. The lowest BCUT2D eigenvalue weighted by Crippen LogP contribution is -1.94. The van der Waals surface area contributed by atoms with Gasteiger partial charge in [-0.25, -0.2) is 0 Å². The summed E-state index contributed by atoms with van der Waals surface area (Å²) in [5, 5.41) is 11.0. The van der Waals surface area contributed by atoms with Gasteiger partial charge in [-0.15, -0.1) is 0 Å². The normalized spacial score (nSPS) is 13.5. The Balaban J connectivity index is 4.22. The topological polar surface area (TPSA) is 60.2 Å². The smallest absolute Gasteiger partial charge is 0.265 e.